The van der Waals surface area contributed by atoms with Crippen molar-refractivity contribution in [2.75, 3.05) is 6.61 Å². The molecule has 1 saturated heterocycles. The summed E-state index contributed by atoms with van der Waals surface area (Å²) in [5.74, 6) is -0.168. The summed E-state index contributed by atoms with van der Waals surface area (Å²) in [7, 11) is 0. The summed E-state index contributed by atoms with van der Waals surface area (Å²) in [6.45, 7) is 3.43. The van der Waals surface area contributed by atoms with E-state index in [2.05, 4.69) is 5.32 Å². The third kappa shape index (κ3) is 8.37. The van der Waals surface area contributed by atoms with E-state index in [1.54, 1.807) is 0 Å². The molecule has 1 rings (SSSR count). The molecule has 0 aromatic carbocycles. The lowest BCUT2D eigenvalue weighted by molar-refractivity contribution is -0.230. The first-order chi connectivity index (χ1) is 14.3. The van der Waals surface area contributed by atoms with Crippen molar-refractivity contribution in [3.05, 3.63) is 0 Å². The van der Waals surface area contributed by atoms with Crippen molar-refractivity contribution in [3.8, 4) is 0 Å². The molecule has 0 spiro atoms. The zero-order valence-electron chi connectivity index (χ0n) is 18.2. The summed E-state index contributed by atoms with van der Waals surface area (Å²) in [6, 6.07) is -0.578. The van der Waals surface area contributed by atoms with Crippen LogP contribution in [0.4, 0.5) is 0 Å². The molecule has 30 heavy (non-hydrogen) atoms. The molecule has 1 amide bonds. The number of hydrogen-bond acceptors (Lipinski definition) is 8. The highest BCUT2D eigenvalue weighted by atomic mass is 16.5. The number of aliphatic hydroxyl groups excluding tert-OH is 6. The van der Waals surface area contributed by atoms with E-state index < -0.39 is 55.4 Å². The van der Waals surface area contributed by atoms with E-state index in [1.165, 1.54) is 0 Å². The molecular weight excluding hydrogens is 394 g/mol. The van der Waals surface area contributed by atoms with Gasteiger partial charge in [-0.05, 0) is 25.7 Å². The Morgan fingerprint density at radius 1 is 0.933 bits per heavy atom. The van der Waals surface area contributed by atoms with Gasteiger partial charge >= 0.3 is 0 Å². The first-order valence-corrected chi connectivity index (χ1v) is 11.2. The number of ether oxygens (including phenoxy) is 1. The number of nitrogens with one attached hydrogen (secondary N) is 1. The highest BCUT2D eigenvalue weighted by Gasteiger charge is 2.42. The van der Waals surface area contributed by atoms with Crippen LogP contribution in [-0.4, -0.2) is 91.9 Å². The largest absolute Gasteiger partial charge is 0.394 e. The molecule has 0 radical (unpaired) electrons. The van der Waals surface area contributed by atoms with Crippen LogP contribution in [0.5, 0.6) is 0 Å². The lowest BCUT2D eigenvalue weighted by Crippen LogP contribution is -2.58. The third-order valence-corrected chi connectivity index (χ3v) is 5.73. The average molecular weight is 436 g/mol. The van der Waals surface area contributed by atoms with Gasteiger partial charge in [-0.25, -0.2) is 0 Å². The smallest absolute Gasteiger partial charge is 0.220 e. The second-order valence-electron chi connectivity index (χ2n) is 8.28. The predicted octanol–water partition coefficient (Wildman–Crippen LogP) is -0.414. The van der Waals surface area contributed by atoms with Crippen LogP contribution in [0.2, 0.25) is 0 Å². The molecule has 1 aliphatic rings. The van der Waals surface area contributed by atoms with Crippen LogP contribution in [0.3, 0.4) is 0 Å². The Labute approximate surface area is 179 Å². The molecule has 0 aliphatic carbocycles. The van der Waals surface area contributed by atoms with Crippen LogP contribution in [0.1, 0.15) is 71.6 Å². The van der Waals surface area contributed by atoms with Crippen LogP contribution in [-0.2, 0) is 9.53 Å². The van der Waals surface area contributed by atoms with Crippen molar-refractivity contribution in [3.63, 3.8) is 0 Å². The predicted molar refractivity (Wildman–Crippen MR) is 111 cm³/mol. The number of unbranched alkanes of at least 4 members (excludes halogenated alkanes) is 2. The van der Waals surface area contributed by atoms with Crippen LogP contribution < -0.4 is 5.32 Å². The fraction of sp³-hybridized carbons (Fsp3) is 0.952. The summed E-state index contributed by atoms with van der Waals surface area (Å²) in [5.41, 5.74) is 0. The number of carbonyl (C=O) groups excluding carboxylic acids is 1. The summed E-state index contributed by atoms with van der Waals surface area (Å²) in [5, 5.41) is 62.6. The lowest BCUT2D eigenvalue weighted by atomic mass is 9.91. The Kier molecular flexibility index (Phi) is 13.0. The molecule has 1 fully saturated rings. The minimum absolute atomic E-state index is 0.168. The van der Waals surface area contributed by atoms with Gasteiger partial charge in [0.1, 0.15) is 24.4 Å². The van der Waals surface area contributed by atoms with Gasteiger partial charge in [-0.1, -0.05) is 39.5 Å². The molecule has 8 atom stereocenters. The second-order valence-corrected chi connectivity index (χ2v) is 8.28. The van der Waals surface area contributed by atoms with Crippen molar-refractivity contribution in [1.82, 2.24) is 5.32 Å². The Bertz CT molecular complexity index is 478. The molecule has 1 aliphatic heterocycles. The van der Waals surface area contributed by atoms with E-state index in [-0.39, 0.29) is 5.91 Å². The summed E-state index contributed by atoms with van der Waals surface area (Å²) in [6.07, 6.45) is -2.51. The van der Waals surface area contributed by atoms with Crippen molar-refractivity contribution in [2.45, 2.75) is 120 Å². The van der Waals surface area contributed by atoms with E-state index in [0.717, 1.165) is 12.8 Å². The molecule has 178 valence electrons. The van der Waals surface area contributed by atoms with Crippen molar-refractivity contribution in [2.24, 2.45) is 0 Å². The first kappa shape index (κ1) is 27.2. The minimum atomic E-state index is -1.39. The van der Waals surface area contributed by atoms with Gasteiger partial charge in [0.15, 0.2) is 0 Å². The zero-order chi connectivity index (χ0) is 22.7. The maximum atomic E-state index is 12.0. The monoisotopic (exact) mass is 435 g/mol. The van der Waals surface area contributed by atoms with Gasteiger partial charge in [0.2, 0.25) is 5.91 Å². The normalized spacial score (nSPS) is 29.9. The highest BCUT2D eigenvalue weighted by Crippen LogP contribution is 2.25. The van der Waals surface area contributed by atoms with Crippen molar-refractivity contribution < 1.29 is 40.2 Å². The van der Waals surface area contributed by atoms with E-state index in [4.69, 9.17) is 4.74 Å². The number of hydrogen-bond donors (Lipinski definition) is 7. The Balaban J connectivity index is 2.58. The molecule has 0 bridgehead atoms. The Morgan fingerprint density at radius 3 is 2.20 bits per heavy atom. The second kappa shape index (κ2) is 14.3. The number of rotatable bonds is 14. The van der Waals surface area contributed by atoms with Gasteiger partial charge in [-0.3, -0.25) is 4.79 Å². The Hall–Kier alpha value is -0.810. The van der Waals surface area contributed by atoms with Crippen molar-refractivity contribution >= 4 is 5.91 Å². The number of amides is 1. The molecule has 0 aromatic rings. The van der Waals surface area contributed by atoms with E-state index in [1.807, 2.05) is 13.8 Å². The van der Waals surface area contributed by atoms with Gasteiger partial charge < -0.3 is 40.7 Å². The maximum absolute atomic E-state index is 12.0. The van der Waals surface area contributed by atoms with Gasteiger partial charge in [-0.15, -0.1) is 0 Å². The number of aliphatic hydroxyl groups is 6. The highest BCUT2D eigenvalue weighted by molar-refractivity contribution is 5.76. The van der Waals surface area contributed by atoms with Gasteiger partial charge in [0.25, 0.3) is 0 Å². The first-order valence-electron chi connectivity index (χ1n) is 11.2. The molecule has 9 nitrogen and oxygen atoms in total. The molecule has 1 heterocycles. The quantitative estimate of drug-likeness (QED) is 0.181. The topological polar surface area (TPSA) is 160 Å². The maximum Gasteiger partial charge on any atom is 0.220 e. The molecule has 3 unspecified atom stereocenters. The average Bonchev–Trinajstić information content (AvgIpc) is 2.73. The fourth-order valence-electron chi connectivity index (χ4n) is 3.81. The van der Waals surface area contributed by atoms with E-state index in [9.17, 15) is 35.4 Å². The van der Waals surface area contributed by atoms with Gasteiger partial charge in [0.05, 0.1) is 31.0 Å². The summed E-state index contributed by atoms with van der Waals surface area (Å²) in [4.78, 5) is 12.0. The van der Waals surface area contributed by atoms with E-state index in [0.29, 0.717) is 44.9 Å². The number of carbonyl (C=O) groups is 1. The molecule has 9 heteroatoms. The third-order valence-electron chi connectivity index (χ3n) is 5.73. The van der Waals surface area contributed by atoms with Gasteiger partial charge in [0, 0.05) is 6.42 Å². The van der Waals surface area contributed by atoms with Crippen LogP contribution >= 0.6 is 0 Å². The molecule has 0 saturated carbocycles. The molecule has 0 aromatic heterocycles. The fourth-order valence-corrected chi connectivity index (χ4v) is 3.81. The van der Waals surface area contributed by atoms with Gasteiger partial charge in [-0.2, -0.15) is 0 Å². The van der Waals surface area contributed by atoms with E-state index >= 15 is 0 Å². The minimum Gasteiger partial charge on any atom is -0.394 e. The Morgan fingerprint density at radius 2 is 1.60 bits per heavy atom. The van der Waals surface area contributed by atoms with Crippen LogP contribution in [0.15, 0.2) is 0 Å². The molecular formula is C21H41NO8. The van der Waals surface area contributed by atoms with Crippen LogP contribution in [0, 0.1) is 0 Å². The molecule has 7 N–H and O–H groups in total. The zero-order valence-corrected chi connectivity index (χ0v) is 18.2. The van der Waals surface area contributed by atoms with Crippen LogP contribution in [0.25, 0.3) is 0 Å². The standard InChI is InChI=1S/C21H41NO8/c1-3-5-10-14(24)18(26)13(22-17(25)8-4-2)9-6-7-11-15-19(27)21(29)20(28)16(12-23)30-15/h13-16,18-21,23-24,26-29H,3-12H2,1-2H3,(H,22,25)/t13-,14+,15+,16?,18-,19?,20-,21?/m0/s1. The van der Waals surface area contributed by atoms with Crippen molar-refractivity contribution in [1.29, 1.82) is 0 Å². The lowest BCUT2D eigenvalue weighted by Gasteiger charge is -2.40. The SMILES string of the molecule is CCCC[C@@H](O)[C@@H](O)[C@H](CCCC[C@H]1OC(CO)[C@H](O)C(O)C1O)NC(=O)CCC. The summed E-state index contributed by atoms with van der Waals surface area (Å²) < 4.78 is 5.49. The summed E-state index contributed by atoms with van der Waals surface area (Å²) >= 11 is 0.